The molecule has 142 valence electrons. The molecule has 0 amide bonds. The summed E-state index contributed by atoms with van der Waals surface area (Å²) >= 11 is 0. The third-order valence-corrected chi connectivity index (χ3v) is 5.09. The van der Waals surface area contributed by atoms with Crippen LogP contribution in [0.4, 0.5) is 13.2 Å². The average Bonchev–Trinajstić information content (AvgIpc) is 3.22. The Morgan fingerprint density at radius 1 is 1.36 bits per heavy atom. The van der Waals surface area contributed by atoms with Crippen molar-refractivity contribution in [2.75, 3.05) is 33.5 Å². The summed E-state index contributed by atoms with van der Waals surface area (Å²) in [5.41, 5.74) is -1.60. The van der Waals surface area contributed by atoms with Gasteiger partial charge < -0.3 is 24.1 Å². The Hall–Kier alpha value is -0.540. The van der Waals surface area contributed by atoms with E-state index in [-0.39, 0.29) is 19.1 Å². The molecule has 10 heteroatoms. The number of aliphatic hydroxyl groups excluding tert-OH is 1. The Bertz CT molecular complexity index is 522. The summed E-state index contributed by atoms with van der Waals surface area (Å²) in [7, 11) is 5.14. The summed E-state index contributed by atoms with van der Waals surface area (Å²) in [6.45, 7) is 2.65. The first-order chi connectivity index (χ1) is 11.4. The monoisotopic (exact) mass is 364 g/mol. The van der Waals surface area contributed by atoms with Gasteiger partial charge in [-0.25, -0.2) is 0 Å². The predicted molar refractivity (Wildman–Crippen MR) is 90.0 cm³/mol. The van der Waals surface area contributed by atoms with Crippen LogP contribution in [-0.2, 0) is 18.9 Å². The van der Waals surface area contributed by atoms with Crippen molar-refractivity contribution in [3.63, 3.8) is 0 Å². The summed E-state index contributed by atoms with van der Waals surface area (Å²) in [6, 6.07) is 0. The summed E-state index contributed by atoms with van der Waals surface area (Å²) in [4.78, 5) is 0. The zero-order valence-electron chi connectivity index (χ0n) is 15.3. The maximum Gasteiger partial charge on any atom is 0.411 e. The van der Waals surface area contributed by atoms with Gasteiger partial charge in [-0.05, 0) is 13.8 Å². The number of aliphatic hydroxyl groups is 1. The fourth-order valence-corrected chi connectivity index (χ4v) is 4.12. The minimum atomic E-state index is -4.36. The molecule has 2 aliphatic rings. The zero-order valence-corrected chi connectivity index (χ0v) is 15.3. The number of alkyl halides is 3. The number of epoxide rings is 1. The molecule has 0 bridgehead atoms. The van der Waals surface area contributed by atoms with Gasteiger partial charge in [-0.3, -0.25) is 0 Å². The fourth-order valence-electron chi connectivity index (χ4n) is 4.12. The minimum Gasteiger partial charge on any atom is -0.387 e. The minimum absolute atomic E-state index is 0.00571. The van der Waals surface area contributed by atoms with Crippen molar-refractivity contribution >= 4 is 15.7 Å². The first-order valence-corrected chi connectivity index (χ1v) is 8.23. The first-order valence-electron chi connectivity index (χ1n) is 8.23. The van der Waals surface area contributed by atoms with Gasteiger partial charge in [0.2, 0.25) is 0 Å². The van der Waals surface area contributed by atoms with Crippen LogP contribution in [-0.4, -0.2) is 83.3 Å². The third kappa shape index (κ3) is 4.24. The Morgan fingerprint density at radius 3 is 2.44 bits per heavy atom. The van der Waals surface area contributed by atoms with E-state index in [9.17, 15) is 18.3 Å². The van der Waals surface area contributed by atoms with Crippen LogP contribution in [0.2, 0.25) is 0 Å². The summed E-state index contributed by atoms with van der Waals surface area (Å²) < 4.78 is 58.1. The van der Waals surface area contributed by atoms with E-state index in [0.29, 0.717) is 6.61 Å². The van der Waals surface area contributed by atoms with E-state index in [4.69, 9.17) is 14.2 Å². The summed E-state index contributed by atoms with van der Waals surface area (Å²) in [5.74, 6) is -0.348. The van der Waals surface area contributed by atoms with Crippen molar-refractivity contribution in [1.82, 2.24) is 0 Å². The van der Waals surface area contributed by atoms with Gasteiger partial charge in [-0.15, -0.1) is 0 Å². The first kappa shape index (κ1) is 20.8. The fraction of sp³-hybridized carbons (Fsp3) is 0.867. The van der Waals surface area contributed by atoms with Crippen LogP contribution in [0.15, 0.2) is 11.5 Å². The number of halogens is 3. The number of hydrogen-bond donors (Lipinski definition) is 1. The molecule has 0 unspecified atom stereocenters. The lowest BCUT2D eigenvalue weighted by Crippen LogP contribution is -2.66. The molecule has 4 atom stereocenters. The van der Waals surface area contributed by atoms with Crippen LogP contribution in [0.1, 0.15) is 13.8 Å². The van der Waals surface area contributed by atoms with Crippen molar-refractivity contribution in [3.05, 3.63) is 11.5 Å². The molecular formula is C15H25B2F3O5. The molecule has 1 aliphatic heterocycles. The smallest absolute Gasteiger partial charge is 0.387 e. The van der Waals surface area contributed by atoms with Crippen molar-refractivity contribution < 1.29 is 37.2 Å². The van der Waals surface area contributed by atoms with Gasteiger partial charge in [-0.2, -0.15) is 13.2 Å². The zero-order chi connectivity index (χ0) is 19.1. The second-order valence-electron chi connectivity index (χ2n) is 7.48. The topological polar surface area (TPSA) is 60.5 Å². The molecule has 1 N–H and O–H groups in total. The van der Waals surface area contributed by atoms with Crippen molar-refractivity contribution in [3.8, 4) is 0 Å². The highest BCUT2D eigenvalue weighted by Gasteiger charge is 2.66. The van der Waals surface area contributed by atoms with E-state index in [1.165, 1.54) is 7.11 Å². The highest BCUT2D eigenvalue weighted by molar-refractivity contribution is 6.25. The van der Waals surface area contributed by atoms with Crippen LogP contribution in [0.5, 0.6) is 0 Å². The molecule has 1 saturated heterocycles. The van der Waals surface area contributed by atoms with E-state index in [1.54, 1.807) is 7.85 Å². The lowest BCUT2D eigenvalue weighted by molar-refractivity contribution is -0.191. The molecule has 0 radical (unpaired) electrons. The van der Waals surface area contributed by atoms with Gasteiger partial charge in [0.05, 0.1) is 37.0 Å². The van der Waals surface area contributed by atoms with Gasteiger partial charge in [0.15, 0.2) is 0 Å². The van der Waals surface area contributed by atoms with E-state index < -0.39 is 35.6 Å². The van der Waals surface area contributed by atoms with E-state index in [2.05, 4.69) is 4.74 Å². The highest BCUT2D eigenvalue weighted by Crippen LogP contribution is 2.53. The normalized spacial score (nSPS) is 35.7. The number of hydrogen-bond acceptors (Lipinski definition) is 5. The summed E-state index contributed by atoms with van der Waals surface area (Å²) in [5, 5.41) is 10.6. The number of methoxy groups -OCH3 is 1. The standard InChI is InChI=1S/C15H25B2F3O5/c1-12(2,24-5-4-23-8-14(18,19)20)11-13(7-25-13)6-9(16)10(21)15(11,17)22-3/h6,10-11,21H,4-5,7-8,16-17H2,1-3H3/t10-,11-,13+,15-/m1/s1. The molecule has 1 fully saturated rings. The third-order valence-electron chi connectivity index (χ3n) is 5.09. The van der Waals surface area contributed by atoms with Crippen LogP contribution >= 0.6 is 0 Å². The Kier molecular flexibility index (Phi) is 5.72. The number of ether oxygens (including phenoxy) is 4. The molecule has 1 spiro atoms. The van der Waals surface area contributed by atoms with Gasteiger partial charge in [-0.1, -0.05) is 11.5 Å². The molecule has 0 aromatic carbocycles. The van der Waals surface area contributed by atoms with Crippen LogP contribution < -0.4 is 0 Å². The number of rotatable bonds is 7. The van der Waals surface area contributed by atoms with E-state index in [0.717, 1.165) is 5.47 Å². The van der Waals surface area contributed by atoms with Gasteiger partial charge >= 0.3 is 6.18 Å². The van der Waals surface area contributed by atoms with E-state index >= 15 is 0 Å². The second kappa shape index (κ2) is 6.88. The molecule has 5 nitrogen and oxygen atoms in total. The van der Waals surface area contributed by atoms with E-state index in [1.807, 2.05) is 27.8 Å². The molecule has 0 aromatic rings. The Balaban J connectivity index is 2.08. The van der Waals surface area contributed by atoms with Crippen molar-refractivity contribution in [2.24, 2.45) is 5.92 Å². The molecular weight excluding hydrogens is 339 g/mol. The van der Waals surface area contributed by atoms with Crippen molar-refractivity contribution in [1.29, 1.82) is 0 Å². The quantitative estimate of drug-likeness (QED) is 0.379. The molecule has 0 aromatic heterocycles. The molecule has 1 heterocycles. The lowest BCUT2D eigenvalue weighted by Gasteiger charge is -2.52. The summed E-state index contributed by atoms with van der Waals surface area (Å²) in [6.07, 6.45) is -3.29. The van der Waals surface area contributed by atoms with Crippen LogP contribution in [0.3, 0.4) is 0 Å². The molecule has 0 saturated carbocycles. The average molecular weight is 364 g/mol. The van der Waals surface area contributed by atoms with Crippen LogP contribution in [0, 0.1) is 5.92 Å². The maximum atomic E-state index is 12.1. The van der Waals surface area contributed by atoms with Crippen LogP contribution in [0.25, 0.3) is 0 Å². The molecule has 1 aliphatic carbocycles. The maximum absolute atomic E-state index is 12.1. The second-order valence-corrected chi connectivity index (χ2v) is 7.48. The molecule has 25 heavy (non-hydrogen) atoms. The highest BCUT2D eigenvalue weighted by atomic mass is 19.4. The van der Waals surface area contributed by atoms with Gasteiger partial charge in [0.25, 0.3) is 0 Å². The SMILES string of the molecule is BC1=C[C@]2(CO2)[C@@H](C(C)(C)OCCOCC(F)(F)F)[C@](B)(OC)[C@@H]1O. The Morgan fingerprint density at radius 2 is 1.96 bits per heavy atom. The lowest BCUT2D eigenvalue weighted by atomic mass is 9.52. The van der Waals surface area contributed by atoms with Gasteiger partial charge in [0, 0.05) is 13.0 Å². The Labute approximate surface area is 147 Å². The predicted octanol–water partition coefficient (Wildman–Crippen LogP) is -0.387. The molecule has 2 rings (SSSR count). The van der Waals surface area contributed by atoms with Gasteiger partial charge in [0.1, 0.15) is 27.9 Å². The largest absolute Gasteiger partial charge is 0.411 e. The van der Waals surface area contributed by atoms with Crippen molar-refractivity contribution in [2.45, 2.75) is 42.8 Å².